The number of ether oxygens (including phenoxy) is 4. The fourth-order valence-corrected chi connectivity index (χ4v) is 2.27. The van der Waals surface area contributed by atoms with Crippen molar-refractivity contribution in [2.45, 2.75) is 13.0 Å². The van der Waals surface area contributed by atoms with E-state index < -0.39 is 23.8 Å². The average Bonchev–Trinajstić information content (AvgIpc) is 2.68. The standard InChI is InChI=1S/C19H20FNO6/c1-11(27-13-7-5-12(20)6-8-13)18(22)21-15-10-17(25-3)16(24-2)9-14(15)19(23)26-4/h5-11H,1-4H3,(H,21,22)/t11-/m1/s1. The molecule has 0 aliphatic carbocycles. The Morgan fingerprint density at radius 3 is 2.15 bits per heavy atom. The lowest BCUT2D eigenvalue weighted by Crippen LogP contribution is -2.30. The first-order valence-corrected chi connectivity index (χ1v) is 7.97. The number of carbonyl (C=O) groups excluding carboxylic acids is 2. The van der Waals surface area contributed by atoms with Crippen molar-refractivity contribution in [2.75, 3.05) is 26.6 Å². The smallest absolute Gasteiger partial charge is 0.340 e. The first kappa shape index (κ1) is 20.0. The SMILES string of the molecule is COC(=O)c1cc(OC)c(OC)cc1NC(=O)[C@@H](C)Oc1ccc(F)cc1. The van der Waals surface area contributed by atoms with E-state index in [0.29, 0.717) is 17.2 Å². The van der Waals surface area contributed by atoms with Crippen LogP contribution in [-0.2, 0) is 9.53 Å². The minimum atomic E-state index is -0.908. The van der Waals surface area contributed by atoms with Gasteiger partial charge in [-0.25, -0.2) is 9.18 Å². The number of anilines is 1. The molecule has 0 aliphatic heterocycles. The van der Waals surface area contributed by atoms with Crippen LogP contribution in [-0.4, -0.2) is 39.3 Å². The Bertz CT molecular complexity index is 822. The topological polar surface area (TPSA) is 83.1 Å². The van der Waals surface area contributed by atoms with Gasteiger partial charge in [0.1, 0.15) is 11.6 Å². The van der Waals surface area contributed by atoms with Crippen LogP contribution in [0.15, 0.2) is 36.4 Å². The third kappa shape index (κ3) is 4.87. The van der Waals surface area contributed by atoms with Crippen molar-refractivity contribution in [3.63, 3.8) is 0 Å². The van der Waals surface area contributed by atoms with E-state index in [-0.39, 0.29) is 11.3 Å². The van der Waals surface area contributed by atoms with Crippen molar-refractivity contribution in [3.8, 4) is 17.2 Å². The predicted octanol–water partition coefficient (Wildman–Crippen LogP) is 3.04. The van der Waals surface area contributed by atoms with Crippen LogP contribution in [0.4, 0.5) is 10.1 Å². The van der Waals surface area contributed by atoms with Crippen molar-refractivity contribution in [1.82, 2.24) is 0 Å². The Labute approximate surface area is 156 Å². The maximum absolute atomic E-state index is 13.0. The lowest BCUT2D eigenvalue weighted by molar-refractivity contribution is -0.122. The van der Waals surface area contributed by atoms with Crippen molar-refractivity contribution >= 4 is 17.6 Å². The number of nitrogens with one attached hydrogen (secondary N) is 1. The largest absolute Gasteiger partial charge is 0.493 e. The molecule has 2 aromatic carbocycles. The molecule has 7 nitrogen and oxygen atoms in total. The molecule has 0 unspecified atom stereocenters. The zero-order valence-electron chi connectivity index (χ0n) is 15.4. The number of carbonyl (C=O) groups is 2. The van der Waals surface area contributed by atoms with E-state index in [1.165, 1.54) is 64.7 Å². The third-order valence-corrected chi connectivity index (χ3v) is 3.68. The van der Waals surface area contributed by atoms with Crippen molar-refractivity contribution in [1.29, 1.82) is 0 Å². The van der Waals surface area contributed by atoms with E-state index in [4.69, 9.17) is 18.9 Å². The second-order valence-electron chi connectivity index (χ2n) is 5.45. The average molecular weight is 377 g/mol. The number of amides is 1. The zero-order chi connectivity index (χ0) is 20.0. The molecular formula is C19H20FNO6. The molecule has 8 heteroatoms. The van der Waals surface area contributed by atoms with Crippen LogP contribution in [0.1, 0.15) is 17.3 Å². The Hall–Kier alpha value is -3.29. The van der Waals surface area contributed by atoms with Crippen LogP contribution in [0.2, 0.25) is 0 Å². The highest BCUT2D eigenvalue weighted by molar-refractivity contribution is 6.03. The van der Waals surface area contributed by atoms with E-state index in [9.17, 15) is 14.0 Å². The second kappa shape index (κ2) is 8.88. The molecule has 1 amide bonds. The number of rotatable bonds is 7. The molecule has 0 saturated heterocycles. The quantitative estimate of drug-likeness (QED) is 0.747. The molecule has 0 aromatic heterocycles. The van der Waals surface area contributed by atoms with Crippen LogP contribution < -0.4 is 19.5 Å². The summed E-state index contributed by atoms with van der Waals surface area (Å²) < 4.78 is 33.5. The molecule has 1 atom stereocenters. The van der Waals surface area contributed by atoms with Gasteiger partial charge in [-0.05, 0) is 31.2 Å². The minimum absolute atomic E-state index is 0.0949. The van der Waals surface area contributed by atoms with Gasteiger partial charge in [-0.3, -0.25) is 4.79 Å². The number of hydrogen-bond acceptors (Lipinski definition) is 6. The maximum Gasteiger partial charge on any atom is 0.340 e. The molecule has 0 bridgehead atoms. The molecule has 0 radical (unpaired) electrons. The van der Waals surface area contributed by atoms with Gasteiger partial charge in [0, 0.05) is 12.1 Å². The number of benzene rings is 2. The summed E-state index contributed by atoms with van der Waals surface area (Å²) in [5.41, 5.74) is 0.275. The second-order valence-corrected chi connectivity index (χ2v) is 5.45. The highest BCUT2D eigenvalue weighted by atomic mass is 19.1. The Kier molecular flexibility index (Phi) is 6.59. The summed E-state index contributed by atoms with van der Waals surface area (Å²) in [4.78, 5) is 24.5. The van der Waals surface area contributed by atoms with E-state index >= 15 is 0 Å². The number of hydrogen-bond donors (Lipinski definition) is 1. The van der Waals surface area contributed by atoms with E-state index in [1.807, 2.05) is 0 Å². The fraction of sp³-hybridized carbons (Fsp3) is 0.263. The highest BCUT2D eigenvalue weighted by Crippen LogP contribution is 2.34. The van der Waals surface area contributed by atoms with E-state index in [2.05, 4.69) is 5.32 Å². The van der Waals surface area contributed by atoms with Gasteiger partial charge < -0.3 is 24.3 Å². The van der Waals surface area contributed by atoms with Gasteiger partial charge in [0.2, 0.25) is 0 Å². The van der Waals surface area contributed by atoms with Gasteiger partial charge in [-0.1, -0.05) is 0 Å². The van der Waals surface area contributed by atoms with Crippen molar-refractivity contribution in [3.05, 3.63) is 47.8 Å². The van der Waals surface area contributed by atoms with Gasteiger partial charge in [0.05, 0.1) is 32.6 Å². The molecule has 0 saturated carbocycles. The van der Waals surface area contributed by atoms with E-state index in [1.54, 1.807) is 0 Å². The van der Waals surface area contributed by atoms with Crippen LogP contribution in [0.5, 0.6) is 17.2 Å². The summed E-state index contributed by atoms with van der Waals surface area (Å²) in [6, 6.07) is 8.14. The number of methoxy groups -OCH3 is 3. The highest BCUT2D eigenvalue weighted by Gasteiger charge is 2.22. The Morgan fingerprint density at radius 1 is 1.00 bits per heavy atom. The molecule has 1 N–H and O–H groups in total. The lowest BCUT2D eigenvalue weighted by Gasteiger charge is -2.17. The molecule has 2 rings (SSSR count). The molecular weight excluding hydrogens is 357 g/mol. The summed E-state index contributed by atoms with van der Waals surface area (Å²) in [5, 5.41) is 2.61. The summed E-state index contributed by atoms with van der Waals surface area (Å²) in [6.07, 6.45) is -0.908. The van der Waals surface area contributed by atoms with Gasteiger partial charge in [-0.2, -0.15) is 0 Å². The van der Waals surface area contributed by atoms with Gasteiger partial charge >= 0.3 is 5.97 Å². The first-order valence-electron chi connectivity index (χ1n) is 7.97. The van der Waals surface area contributed by atoms with Crippen molar-refractivity contribution < 1.29 is 32.9 Å². The Balaban J connectivity index is 2.24. The fourth-order valence-electron chi connectivity index (χ4n) is 2.27. The van der Waals surface area contributed by atoms with Crippen LogP contribution >= 0.6 is 0 Å². The molecule has 0 heterocycles. The third-order valence-electron chi connectivity index (χ3n) is 3.68. The number of halogens is 1. The Morgan fingerprint density at radius 2 is 1.59 bits per heavy atom. The lowest BCUT2D eigenvalue weighted by atomic mass is 10.1. The summed E-state index contributed by atoms with van der Waals surface area (Å²) in [7, 11) is 4.09. The van der Waals surface area contributed by atoms with Gasteiger partial charge in [0.15, 0.2) is 17.6 Å². The molecule has 144 valence electrons. The van der Waals surface area contributed by atoms with Crippen LogP contribution in [0.3, 0.4) is 0 Å². The summed E-state index contributed by atoms with van der Waals surface area (Å²) >= 11 is 0. The van der Waals surface area contributed by atoms with Crippen LogP contribution in [0.25, 0.3) is 0 Å². The molecule has 0 aliphatic rings. The summed E-state index contributed by atoms with van der Waals surface area (Å²) in [6.45, 7) is 1.53. The molecule has 0 fully saturated rings. The van der Waals surface area contributed by atoms with E-state index in [0.717, 1.165) is 0 Å². The molecule has 2 aromatic rings. The predicted molar refractivity (Wildman–Crippen MR) is 96.0 cm³/mol. The van der Waals surface area contributed by atoms with Crippen LogP contribution in [0, 0.1) is 5.82 Å². The molecule has 0 spiro atoms. The normalized spacial score (nSPS) is 11.3. The molecule has 27 heavy (non-hydrogen) atoms. The zero-order valence-corrected chi connectivity index (χ0v) is 15.4. The summed E-state index contributed by atoms with van der Waals surface area (Å²) in [5.74, 6) is -0.610. The minimum Gasteiger partial charge on any atom is -0.493 e. The van der Waals surface area contributed by atoms with Gasteiger partial charge in [-0.15, -0.1) is 0 Å². The first-order chi connectivity index (χ1) is 12.9. The maximum atomic E-state index is 13.0. The van der Waals surface area contributed by atoms with Crippen molar-refractivity contribution in [2.24, 2.45) is 0 Å². The van der Waals surface area contributed by atoms with Gasteiger partial charge in [0.25, 0.3) is 5.91 Å². The number of esters is 1. The monoisotopic (exact) mass is 377 g/mol.